The van der Waals surface area contributed by atoms with Crippen LogP contribution in [-0.4, -0.2) is 48.9 Å². The van der Waals surface area contributed by atoms with Crippen molar-refractivity contribution in [3.8, 4) is 0 Å². The van der Waals surface area contributed by atoms with Gasteiger partial charge in [-0.05, 0) is 64.2 Å². The molecule has 0 unspecified atom stereocenters. The van der Waals surface area contributed by atoms with Gasteiger partial charge in [0.25, 0.3) is 0 Å². The van der Waals surface area contributed by atoms with Gasteiger partial charge in [-0.3, -0.25) is 0 Å². The molecule has 2 aromatic heterocycles. The summed E-state index contributed by atoms with van der Waals surface area (Å²) in [5, 5.41) is 17.1. The zero-order valence-electron chi connectivity index (χ0n) is 18.6. The van der Waals surface area contributed by atoms with Crippen LogP contribution < -0.4 is 16.4 Å². The second kappa shape index (κ2) is 11.2. The molecule has 0 radical (unpaired) electrons. The highest BCUT2D eigenvalue weighted by atomic mass is 35.5. The van der Waals surface area contributed by atoms with Gasteiger partial charge in [-0.1, -0.05) is 12.8 Å². The number of nitrogens with zero attached hydrogens (tertiary/aromatic N) is 4. The number of aliphatic hydroxyl groups is 1. The molecule has 32 heavy (non-hydrogen) atoms. The average molecular weight is 486 g/mol. The Morgan fingerprint density at radius 2 is 1.47 bits per heavy atom. The van der Waals surface area contributed by atoms with E-state index in [9.17, 15) is 5.11 Å². The lowest BCUT2D eigenvalue weighted by Gasteiger charge is -2.28. The van der Waals surface area contributed by atoms with Crippen molar-refractivity contribution in [2.24, 2.45) is 5.73 Å². The Kier molecular flexibility index (Phi) is 8.83. The van der Waals surface area contributed by atoms with E-state index < -0.39 is 0 Å². The number of halogens is 2. The van der Waals surface area contributed by atoms with Gasteiger partial charge in [0.1, 0.15) is 0 Å². The van der Waals surface area contributed by atoms with Gasteiger partial charge in [-0.25, -0.2) is 4.98 Å². The first-order valence-electron chi connectivity index (χ1n) is 11.9. The molecule has 3 aliphatic rings. The predicted octanol–water partition coefficient (Wildman–Crippen LogP) is 4.18. The normalized spacial score (nSPS) is 28.7. The number of nitrogens with one attached hydrogen (secondary N) is 2. The molecule has 0 spiro atoms. The maximum absolute atomic E-state index is 9.85. The van der Waals surface area contributed by atoms with Crippen molar-refractivity contribution in [2.45, 2.75) is 107 Å². The van der Waals surface area contributed by atoms with Gasteiger partial charge in [0, 0.05) is 24.2 Å². The monoisotopic (exact) mass is 485 g/mol. The highest BCUT2D eigenvalue weighted by molar-refractivity contribution is 5.86. The summed E-state index contributed by atoms with van der Waals surface area (Å²) < 4.78 is 2.27. The predicted molar refractivity (Wildman–Crippen MR) is 133 cm³/mol. The lowest BCUT2D eigenvalue weighted by molar-refractivity contribution is 0.126. The van der Waals surface area contributed by atoms with Crippen molar-refractivity contribution in [3.63, 3.8) is 0 Å². The van der Waals surface area contributed by atoms with E-state index in [1.54, 1.807) is 0 Å². The van der Waals surface area contributed by atoms with E-state index >= 15 is 0 Å². The van der Waals surface area contributed by atoms with Crippen molar-refractivity contribution >= 4 is 47.7 Å². The van der Waals surface area contributed by atoms with Crippen LogP contribution in [0.4, 0.5) is 11.8 Å². The van der Waals surface area contributed by atoms with E-state index in [0.29, 0.717) is 30.1 Å². The van der Waals surface area contributed by atoms with Crippen LogP contribution in [0.25, 0.3) is 11.2 Å². The molecule has 3 fully saturated rings. The molecule has 2 heterocycles. The Morgan fingerprint density at radius 3 is 2.16 bits per heavy atom. The topological polar surface area (TPSA) is 114 Å². The van der Waals surface area contributed by atoms with Crippen molar-refractivity contribution in [1.29, 1.82) is 0 Å². The van der Waals surface area contributed by atoms with Crippen LogP contribution in [0.3, 0.4) is 0 Å². The van der Waals surface area contributed by atoms with E-state index in [-0.39, 0.29) is 30.9 Å². The molecule has 0 saturated heterocycles. The summed E-state index contributed by atoms with van der Waals surface area (Å²) in [5.74, 6) is 1.52. The third-order valence-corrected chi connectivity index (χ3v) is 7.28. The molecule has 5 rings (SSSR count). The molecule has 180 valence electrons. The third kappa shape index (κ3) is 5.58. The second-order valence-corrected chi connectivity index (χ2v) is 9.56. The number of hydrogen-bond acceptors (Lipinski definition) is 7. The molecule has 2 aromatic rings. The Bertz CT molecular complexity index is 857. The van der Waals surface area contributed by atoms with E-state index in [4.69, 9.17) is 20.7 Å². The minimum Gasteiger partial charge on any atom is -0.393 e. The van der Waals surface area contributed by atoms with Crippen LogP contribution >= 0.6 is 24.8 Å². The van der Waals surface area contributed by atoms with Gasteiger partial charge in [0.05, 0.1) is 12.4 Å². The van der Waals surface area contributed by atoms with Gasteiger partial charge >= 0.3 is 0 Å². The number of anilines is 2. The van der Waals surface area contributed by atoms with Crippen LogP contribution in [0.15, 0.2) is 6.33 Å². The molecule has 3 aliphatic carbocycles. The summed E-state index contributed by atoms with van der Waals surface area (Å²) in [7, 11) is 0. The second-order valence-electron chi connectivity index (χ2n) is 9.56. The van der Waals surface area contributed by atoms with Crippen LogP contribution in [0.1, 0.15) is 83.1 Å². The van der Waals surface area contributed by atoms with Crippen molar-refractivity contribution in [1.82, 2.24) is 19.5 Å². The van der Waals surface area contributed by atoms with Gasteiger partial charge in [0.15, 0.2) is 17.0 Å². The Hall–Kier alpha value is -1.35. The summed E-state index contributed by atoms with van der Waals surface area (Å²) >= 11 is 0. The smallest absolute Gasteiger partial charge is 0.227 e. The third-order valence-electron chi connectivity index (χ3n) is 7.28. The molecule has 0 aromatic carbocycles. The van der Waals surface area contributed by atoms with Gasteiger partial charge < -0.3 is 26.0 Å². The maximum atomic E-state index is 9.85. The molecule has 5 N–H and O–H groups in total. The van der Waals surface area contributed by atoms with Crippen LogP contribution in [-0.2, 0) is 0 Å². The molecule has 0 aliphatic heterocycles. The average Bonchev–Trinajstić information content (AvgIpc) is 3.41. The standard InChI is InChI=1S/C22H35N7O.2ClH/c23-14-5-7-16(8-6-14)26-22-27-20(25-15-9-11-18(30)12-10-15)19-21(28-22)29(13-24-19)17-3-1-2-4-17;;/h13-18,30H,1-12,23H2,(H2,25,26,27,28);2*1H. The SMILES string of the molecule is Cl.Cl.NC1CCC(Nc2nc(NC3CCC(O)CC3)c3ncn(C4CCCC4)c3n2)CC1. The molecule has 0 bridgehead atoms. The number of nitrogens with two attached hydrogens (primary N) is 1. The lowest BCUT2D eigenvalue weighted by atomic mass is 9.92. The van der Waals surface area contributed by atoms with Gasteiger partial charge in [-0.15, -0.1) is 24.8 Å². The number of hydrogen-bond donors (Lipinski definition) is 4. The summed E-state index contributed by atoms with van der Waals surface area (Å²) in [6.07, 6.45) is 14.6. The first kappa shape index (κ1) is 25.3. The fourth-order valence-corrected chi connectivity index (χ4v) is 5.39. The number of rotatable bonds is 5. The summed E-state index contributed by atoms with van der Waals surface area (Å²) in [4.78, 5) is 14.5. The zero-order valence-corrected chi connectivity index (χ0v) is 20.2. The van der Waals surface area contributed by atoms with Gasteiger partial charge in [-0.2, -0.15) is 9.97 Å². The molecular weight excluding hydrogens is 449 g/mol. The number of aromatic nitrogens is 4. The highest BCUT2D eigenvalue weighted by Gasteiger charge is 2.26. The van der Waals surface area contributed by atoms with E-state index in [2.05, 4.69) is 15.2 Å². The fraction of sp³-hybridized carbons (Fsp3) is 0.773. The highest BCUT2D eigenvalue weighted by Crippen LogP contribution is 2.34. The summed E-state index contributed by atoms with van der Waals surface area (Å²) in [5.41, 5.74) is 7.88. The Balaban J connectivity index is 0.00000144. The number of imidazole rings is 1. The van der Waals surface area contributed by atoms with Crippen LogP contribution in [0, 0.1) is 0 Å². The quantitative estimate of drug-likeness (QED) is 0.501. The first-order valence-corrected chi connectivity index (χ1v) is 11.9. The summed E-state index contributed by atoms with van der Waals surface area (Å²) in [6.45, 7) is 0. The Labute approximate surface area is 202 Å². The van der Waals surface area contributed by atoms with Gasteiger partial charge in [0.2, 0.25) is 5.95 Å². The van der Waals surface area contributed by atoms with Crippen molar-refractivity contribution < 1.29 is 5.11 Å². The van der Waals surface area contributed by atoms with Crippen LogP contribution in [0.5, 0.6) is 0 Å². The molecule has 0 atom stereocenters. The fourth-order valence-electron chi connectivity index (χ4n) is 5.39. The van der Waals surface area contributed by atoms with Crippen molar-refractivity contribution in [2.75, 3.05) is 10.6 Å². The lowest BCUT2D eigenvalue weighted by Crippen LogP contribution is -2.33. The van der Waals surface area contributed by atoms with Crippen molar-refractivity contribution in [3.05, 3.63) is 6.33 Å². The molecular formula is C22H37Cl2N7O. The van der Waals surface area contributed by atoms with E-state index in [0.717, 1.165) is 68.3 Å². The molecule has 8 nitrogen and oxygen atoms in total. The van der Waals surface area contributed by atoms with E-state index in [1.165, 1.54) is 25.7 Å². The largest absolute Gasteiger partial charge is 0.393 e. The maximum Gasteiger partial charge on any atom is 0.227 e. The summed E-state index contributed by atoms with van der Waals surface area (Å²) in [6, 6.07) is 1.52. The van der Waals surface area contributed by atoms with E-state index in [1.807, 2.05) is 6.33 Å². The molecule has 10 heteroatoms. The minimum absolute atomic E-state index is 0. The van der Waals surface area contributed by atoms with Crippen LogP contribution in [0.2, 0.25) is 0 Å². The molecule has 3 saturated carbocycles. The Morgan fingerprint density at radius 1 is 0.844 bits per heavy atom. The minimum atomic E-state index is -0.162. The first-order chi connectivity index (χ1) is 14.7. The number of aliphatic hydroxyl groups excluding tert-OH is 1. The zero-order chi connectivity index (χ0) is 20.5. The number of fused-ring (bicyclic) bond motifs is 1. The molecule has 0 amide bonds.